The molecule has 1 aromatic carbocycles. The van der Waals surface area contributed by atoms with Crippen molar-refractivity contribution >= 4 is 45.9 Å². The van der Waals surface area contributed by atoms with Gasteiger partial charge in [-0.2, -0.15) is 0 Å². The van der Waals surface area contributed by atoms with E-state index in [1.807, 2.05) is 37.1 Å². The van der Waals surface area contributed by atoms with Crippen molar-refractivity contribution in [3.8, 4) is 22.5 Å². The van der Waals surface area contributed by atoms with Gasteiger partial charge < -0.3 is 29.0 Å². The van der Waals surface area contributed by atoms with Gasteiger partial charge in [0.1, 0.15) is 23.2 Å². The van der Waals surface area contributed by atoms with Crippen molar-refractivity contribution in [2.75, 3.05) is 40.0 Å². The molecular weight excluding hydrogens is 831 g/mol. The van der Waals surface area contributed by atoms with Gasteiger partial charge in [0, 0.05) is 78.9 Å². The number of nitrogens with one attached hydrogen (secondary N) is 2. The molecule has 2 N–H and O–H groups in total. The summed E-state index contributed by atoms with van der Waals surface area (Å²) in [6.07, 6.45) is 7.50. The number of carbonyl (C=O) groups is 4. The summed E-state index contributed by atoms with van der Waals surface area (Å²) >= 11 is 1.38. The molecule has 3 fully saturated rings. The molecule has 3 amide bonds. The zero-order chi connectivity index (χ0) is 45.3. The summed E-state index contributed by atoms with van der Waals surface area (Å²) in [6, 6.07) is 8.47. The van der Waals surface area contributed by atoms with Gasteiger partial charge in [-0.3, -0.25) is 29.2 Å². The molecule has 3 aliphatic heterocycles. The zero-order valence-electron chi connectivity index (χ0n) is 38.5. The van der Waals surface area contributed by atoms with Gasteiger partial charge in [0.25, 0.3) is 5.91 Å². The number of aromatic nitrogens is 3. The van der Waals surface area contributed by atoms with E-state index >= 15 is 0 Å². The Morgan fingerprint density at radius 1 is 1.05 bits per heavy atom. The fourth-order valence-electron chi connectivity index (χ4n) is 10.1. The van der Waals surface area contributed by atoms with Crippen LogP contribution in [0.2, 0.25) is 0 Å². The van der Waals surface area contributed by atoms with E-state index in [0.717, 1.165) is 70.4 Å². The lowest BCUT2D eigenvalue weighted by Crippen LogP contribution is -2.61. The fourth-order valence-corrected chi connectivity index (χ4v) is 11.0. The van der Waals surface area contributed by atoms with Crippen LogP contribution in [0.25, 0.3) is 33.4 Å². The first-order valence-electron chi connectivity index (χ1n) is 23.4. The molecule has 4 aliphatic rings. The number of aryl methyl sites for hydroxylation is 1. The van der Waals surface area contributed by atoms with Crippen molar-refractivity contribution in [2.45, 2.75) is 124 Å². The molecule has 64 heavy (non-hydrogen) atoms. The van der Waals surface area contributed by atoms with Crippen molar-refractivity contribution in [3.05, 3.63) is 58.2 Å². The van der Waals surface area contributed by atoms with Gasteiger partial charge in [-0.1, -0.05) is 46.1 Å². The van der Waals surface area contributed by atoms with Gasteiger partial charge in [-0.05, 0) is 88.6 Å². The monoisotopic (exact) mass is 895 g/mol. The third kappa shape index (κ3) is 9.23. The SMILES string of the molecule is CCO[C@@H]1c2nc(cs2)-c2ccc3c(c2)c(c(-c2cccnc2[C@H](C)OC)n3CC)CC(C)(C)COC(=O)[C@@H]2CCCN(N2)C(=O)[C@H]1NC(=O)[C@@H]1[C@@H](C)[C@H]1C(=O)N1CCCCCCC1. The van der Waals surface area contributed by atoms with Crippen LogP contribution >= 0.6 is 11.3 Å². The Kier molecular flexibility index (Phi) is 13.9. The largest absolute Gasteiger partial charge is 0.464 e. The number of hydrogen-bond donors (Lipinski definition) is 2. The van der Waals surface area contributed by atoms with Crippen LogP contribution in [0, 0.1) is 23.2 Å². The van der Waals surface area contributed by atoms with Gasteiger partial charge in [-0.25, -0.2) is 10.4 Å². The zero-order valence-corrected chi connectivity index (χ0v) is 39.3. The van der Waals surface area contributed by atoms with Crippen molar-refractivity contribution in [1.29, 1.82) is 0 Å². The second kappa shape index (κ2) is 19.4. The highest BCUT2D eigenvalue weighted by Gasteiger charge is 2.58. The van der Waals surface area contributed by atoms with Gasteiger partial charge in [-0.15, -0.1) is 11.3 Å². The standard InChI is InChI=1S/C49H65N7O7S/c1-8-55-37-20-19-31-25-33(37)34(42(55)32-17-15-21-50-40(32)30(4)61-7)26-49(5,6)28-63-48(60)35-18-16-24-56(53-35)47(59)41(43(62-9-2)45-51-36(31)27-64-45)52-44(57)38-29(3)39(38)46(58)54-22-13-11-10-12-14-23-54/h15,17,19-21,25,27,29-30,35,38-39,41,43,53H,8-14,16,18,22-24,26,28H2,1-7H3,(H,52,57)/t29-,30+,35+,38-,39-,41+,43+/m1/s1. The molecule has 4 aromatic rings. The number of methoxy groups -OCH3 is 1. The van der Waals surface area contributed by atoms with Crippen molar-refractivity contribution < 1.29 is 33.4 Å². The van der Waals surface area contributed by atoms with E-state index < -0.39 is 47.3 Å². The fraction of sp³-hybridized carbons (Fsp3) is 0.592. The number of thiazole rings is 1. The summed E-state index contributed by atoms with van der Waals surface area (Å²) in [5.41, 5.74) is 9.30. The Morgan fingerprint density at radius 2 is 1.81 bits per heavy atom. The third-order valence-electron chi connectivity index (χ3n) is 13.7. The van der Waals surface area contributed by atoms with Gasteiger partial charge >= 0.3 is 5.97 Å². The van der Waals surface area contributed by atoms with Gasteiger partial charge in [0.15, 0.2) is 0 Å². The number of nitrogens with zero attached hydrogens (tertiary/aromatic N) is 5. The van der Waals surface area contributed by atoms with E-state index in [-0.39, 0.29) is 37.0 Å². The quantitative estimate of drug-likeness (QED) is 0.162. The normalized spacial score (nSPS) is 25.8. The number of carbonyl (C=O) groups excluding carboxylic acids is 4. The van der Waals surface area contributed by atoms with Crippen LogP contribution in [-0.2, 0) is 46.4 Å². The van der Waals surface area contributed by atoms with E-state index in [2.05, 4.69) is 60.3 Å². The van der Waals surface area contributed by atoms with Gasteiger partial charge in [0.2, 0.25) is 11.8 Å². The highest BCUT2D eigenvalue weighted by Crippen LogP contribution is 2.48. The smallest absolute Gasteiger partial charge is 0.324 e. The molecule has 6 heterocycles. The Balaban J connectivity index is 1.20. The number of rotatable bonds is 9. The maximum absolute atomic E-state index is 14.9. The Hall–Kier alpha value is -4.70. The summed E-state index contributed by atoms with van der Waals surface area (Å²) in [7, 11) is 1.69. The number of cyclic esters (lactones) is 1. The molecular formula is C49H65N7O7S. The average molecular weight is 896 g/mol. The van der Waals surface area contributed by atoms with Crippen molar-refractivity contribution in [1.82, 2.24) is 35.2 Å². The van der Waals surface area contributed by atoms with E-state index in [4.69, 9.17) is 24.2 Å². The van der Waals surface area contributed by atoms with Crippen molar-refractivity contribution in [2.24, 2.45) is 23.2 Å². The van der Waals surface area contributed by atoms with E-state index in [9.17, 15) is 19.2 Å². The number of esters is 1. The predicted molar refractivity (Wildman–Crippen MR) is 246 cm³/mol. The van der Waals surface area contributed by atoms with Crippen molar-refractivity contribution in [3.63, 3.8) is 0 Å². The Morgan fingerprint density at radius 3 is 2.55 bits per heavy atom. The molecule has 0 unspecified atom stereocenters. The maximum Gasteiger partial charge on any atom is 0.324 e. The second-order valence-electron chi connectivity index (χ2n) is 18.8. The van der Waals surface area contributed by atoms with E-state index in [1.165, 1.54) is 22.8 Å². The van der Waals surface area contributed by atoms with Crippen LogP contribution in [0.5, 0.6) is 0 Å². The molecule has 2 saturated heterocycles. The molecule has 0 radical (unpaired) electrons. The Bertz CT molecular complexity index is 2350. The van der Waals surface area contributed by atoms with Crippen LogP contribution in [0.4, 0.5) is 0 Å². The molecule has 8 rings (SSSR count). The number of ether oxygens (including phenoxy) is 3. The first kappa shape index (κ1) is 45.9. The number of amides is 3. The summed E-state index contributed by atoms with van der Waals surface area (Å²) in [5, 5.41) is 8.07. The molecule has 7 atom stereocenters. The molecule has 0 spiro atoms. The first-order valence-corrected chi connectivity index (χ1v) is 24.3. The number of hydrazine groups is 1. The second-order valence-corrected chi connectivity index (χ2v) is 19.7. The minimum Gasteiger partial charge on any atom is -0.464 e. The summed E-state index contributed by atoms with van der Waals surface area (Å²) in [6.45, 7) is 15.0. The van der Waals surface area contributed by atoms with Crippen LogP contribution in [0.3, 0.4) is 0 Å². The lowest BCUT2D eigenvalue weighted by molar-refractivity contribution is -0.156. The van der Waals surface area contributed by atoms with E-state index in [0.29, 0.717) is 50.4 Å². The minimum absolute atomic E-state index is 0.0191. The molecule has 3 aromatic heterocycles. The van der Waals surface area contributed by atoms with Crippen LogP contribution in [0.1, 0.15) is 115 Å². The summed E-state index contributed by atoms with van der Waals surface area (Å²) in [5.74, 6) is -2.42. The van der Waals surface area contributed by atoms with E-state index in [1.54, 1.807) is 13.3 Å². The van der Waals surface area contributed by atoms with Crippen LogP contribution < -0.4 is 10.7 Å². The number of benzene rings is 1. The third-order valence-corrected chi connectivity index (χ3v) is 14.6. The molecule has 344 valence electrons. The molecule has 1 aliphatic carbocycles. The average Bonchev–Trinajstić information content (AvgIpc) is 3.57. The number of pyridine rings is 1. The number of hydrogen-bond acceptors (Lipinski definition) is 11. The Labute approximate surface area is 380 Å². The minimum atomic E-state index is -1.20. The van der Waals surface area contributed by atoms with Crippen LogP contribution in [-0.4, -0.2) is 100 Å². The topological polar surface area (TPSA) is 157 Å². The maximum atomic E-state index is 14.9. The lowest BCUT2D eigenvalue weighted by Gasteiger charge is -2.37. The molecule has 14 nitrogen and oxygen atoms in total. The number of likely N-dealkylation sites (tertiary alicyclic amines) is 1. The predicted octanol–water partition coefficient (Wildman–Crippen LogP) is 7.41. The first-order chi connectivity index (χ1) is 30.8. The molecule has 1 saturated carbocycles. The van der Waals surface area contributed by atoms with Crippen LogP contribution in [0.15, 0.2) is 41.9 Å². The highest BCUT2D eigenvalue weighted by molar-refractivity contribution is 7.10. The lowest BCUT2D eigenvalue weighted by atomic mass is 9.84. The molecule has 15 heteroatoms. The highest BCUT2D eigenvalue weighted by atomic mass is 32.1. The number of fused-ring (bicyclic) bond motifs is 6. The summed E-state index contributed by atoms with van der Waals surface area (Å²) < 4.78 is 20.7. The molecule has 6 bridgehead atoms. The van der Waals surface area contributed by atoms with Gasteiger partial charge in [0.05, 0.1) is 41.6 Å². The summed E-state index contributed by atoms with van der Waals surface area (Å²) in [4.78, 5) is 69.0.